The Labute approximate surface area is 146 Å². The van der Waals surface area contributed by atoms with Gasteiger partial charge in [0.2, 0.25) is 0 Å². The maximum atomic E-state index is 12.4. The fourth-order valence-corrected chi connectivity index (χ4v) is 2.62. The number of ether oxygens (including phenoxy) is 2. The van der Waals surface area contributed by atoms with Gasteiger partial charge in [-0.15, -0.1) is 0 Å². The first-order valence-corrected chi connectivity index (χ1v) is 8.39. The van der Waals surface area contributed by atoms with Crippen molar-refractivity contribution in [3.8, 4) is 22.9 Å². The third-order valence-electron chi connectivity index (χ3n) is 4.01. The molecule has 130 valence electrons. The Bertz CT molecular complexity index is 932. The van der Waals surface area contributed by atoms with Crippen molar-refractivity contribution in [3.63, 3.8) is 0 Å². The van der Waals surface area contributed by atoms with Crippen molar-refractivity contribution in [1.29, 1.82) is 0 Å². The van der Waals surface area contributed by atoms with Crippen LogP contribution < -0.4 is 15.0 Å². The molecule has 1 aromatic heterocycles. The number of methoxy groups -OCH3 is 1. The van der Waals surface area contributed by atoms with Gasteiger partial charge in [-0.1, -0.05) is 32.0 Å². The predicted molar refractivity (Wildman–Crippen MR) is 99.3 cm³/mol. The van der Waals surface area contributed by atoms with Crippen molar-refractivity contribution in [2.45, 2.75) is 20.3 Å². The highest BCUT2D eigenvalue weighted by Crippen LogP contribution is 2.36. The summed E-state index contributed by atoms with van der Waals surface area (Å²) >= 11 is 0. The Hall–Kier alpha value is -2.82. The van der Waals surface area contributed by atoms with Gasteiger partial charge in [0.05, 0.1) is 30.2 Å². The summed E-state index contributed by atoms with van der Waals surface area (Å²) in [7, 11) is 1.60. The van der Waals surface area contributed by atoms with Crippen LogP contribution in [0.3, 0.4) is 0 Å². The van der Waals surface area contributed by atoms with Gasteiger partial charge in [0, 0.05) is 0 Å². The average molecular weight is 338 g/mol. The van der Waals surface area contributed by atoms with Crippen molar-refractivity contribution in [2.24, 2.45) is 5.92 Å². The van der Waals surface area contributed by atoms with Gasteiger partial charge in [0.15, 0.2) is 11.5 Å². The second-order valence-electron chi connectivity index (χ2n) is 6.30. The highest BCUT2D eigenvalue weighted by atomic mass is 16.5. The zero-order valence-electron chi connectivity index (χ0n) is 14.7. The van der Waals surface area contributed by atoms with Gasteiger partial charge in [-0.05, 0) is 36.6 Å². The lowest BCUT2D eigenvalue weighted by molar-refractivity contribution is 0.274. The lowest BCUT2D eigenvalue weighted by Gasteiger charge is -2.15. The van der Waals surface area contributed by atoms with E-state index >= 15 is 0 Å². The summed E-state index contributed by atoms with van der Waals surface area (Å²) in [4.78, 5) is 19.8. The molecule has 0 fully saturated rings. The van der Waals surface area contributed by atoms with Crippen molar-refractivity contribution in [3.05, 3.63) is 52.8 Å². The number of nitrogens with zero attached hydrogens (tertiary/aromatic N) is 1. The van der Waals surface area contributed by atoms with Crippen LogP contribution in [-0.4, -0.2) is 23.7 Å². The molecule has 0 saturated heterocycles. The molecule has 0 amide bonds. The van der Waals surface area contributed by atoms with Crippen LogP contribution in [0.2, 0.25) is 0 Å². The lowest BCUT2D eigenvalue weighted by Crippen LogP contribution is -2.10. The second kappa shape index (κ2) is 7.38. The zero-order valence-corrected chi connectivity index (χ0v) is 14.7. The maximum Gasteiger partial charge on any atom is 0.259 e. The predicted octanol–water partition coefficient (Wildman–Crippen LogP) is 4.02. The van der Waals surface area contributed by atoms with Crippen LogP contribution in [0.5, 0.6) is 11.5 Å². The monoisotopic (exact) mass is 338 g/mol. The standard InChI is InChI=1S/C20H22N2O3/c1-13(2)11-12-25-18-15(8-6-10-17(18)24-3)19-21-16-9-5-4-7-14(16)20(23)22-19/h4-10,13H,11-12H2,1-3H3,(H,21,22,23). The van der Waals surface area contributed by atoms with Gasteiger partial charge in [0.1, 0.15) is 5.82 Å². The summed E-state index contributed by atoms with van der Waals surface area (Å²) in [6.45, 7) is 4.87. The van der Waals surface area contributed by atoms with Crippen molar-refractivity contribution in [1.82, 2.24) is 9.97 Å². The van der Waals surface area contributed by atoms with E-state index in [1.807, 2.05) is 36.4 Å². The summed E-state index contributed by atoms with van der Waals surface area (Å²) in [5.74, 6) is 2.24. The van der Waals surface area contributed by atoms with Crippen molar-refractivity contribution >= 4 is 10.9 Å². The summed E-state index contributed by atoms with van der Waals surface area (Å²) in [5, 5.41) is 0.566. The van der Waals surface area contributed by atoms with E-state index in [0.29, 0.717) is 46.3 Å². The van der Waals surface area contributed by atoms with Gasteiger partial charge in [-0.2, -0.15) is 0 Å². The van der Waals surface area contributed by atoms with Crippen molar-refractivity contribution in [2.75, 3.05) is 13.7 Å². The first kappa shape index (κ1) is 17.0. The van der Waals surface area contributed by atoms with Crippen LogP contribution in [0.4, 0.5) is 0 Å². The molecule has 0 aliphatic rings. The molecule has 0 aliphatic carbocycles. The van der Waals surface area contributed by atoms with E-state index in [2.05, 4.69) is 23.8 Å². The SMILES string of the molecule is COc1cccc(-c2nc3ccccc3c(=O)[nH]2)c1OCCC(C)C. The highest BCUT2D eigenvalue weighted by molar-refractivity contribution is 5.80. The summed E-state index contributed by atoms with van der Waals surface area (Å²) in [6, 6.07) is 12.9. The number of fused-ring (bicyclic) bond motifs is 1. The molecule has 25 heavy (non-hydrogen) atoms. The molecule has 0 unspecified atom stereocenters. The Kier molecular flexibility index (Phi) is 5.03. The average Bonchev–Trinajstić information content (AvgIpc) is 2.61. The molecule has 1 heterocycles. The molecule has 2 aromatic carbocycles. The number of hydrogen-bond acceptors (Lipinski definition) is 4. The maximum absolute atomic E-state index is 12.4. The Balaban J connectivity index is 2.08. The first-order valence-electron chi connectivity index (χ1n) is 8.39. The van der Waals surface area contributed by atoms with Crippen LogP contribution in [-0.2, 0) is 0 Å². The molecule has 0 saturated carbocycles. The smallest absolute Gasteiger partial charge is 0.259 e. The van der Waals surface area contributed by atoms with E-state index < -0.39 is 0 Å². The largest absolute Gasteiger partial charge is 0.493 e. The molecular weight excluding hydrogens is 316 g/mol. The number of H-pyrrole nitrogens is 1. The van der Waals surface area contributed by atoms with E-state index in [1.165, 1.54) is 0 Å². The molecular formula is C20H22N2O3. The van der Waals surface area contributed by atoms with Crippen LogP contribution in [0.15, 0.2) is 47.3 Å². The molecule has 3 rings (SSSR count). The lowest BCUT2D eigenvalue weighted by atomic mass is 10.1. The molecule has 0 atom stereocenters. The molecule has 1 N–H and O–H groups in total. The van der Waals surface area contributed by atoms with Crippen molar-refractivity contribution < 1.29 is 9.47 Å². The van der Waals surface area contributed by atoms with Gasteiger partial charge in [-0.3, -0.25) is 4.79 Å². The van der Waals surface area contributed by atoms with E-state index in [-0.39, 0.29) is 5.56 Å². The minimum absolute atomic E-state index is 0.170. The van der Waals surface area contributed by atoms with E-state index in [0.717, 1.165) is 6.42 Å². The van der Waals surface area contributed by atoms with Gasteiger partial charge in [-0.25, -0.2) is 4.98 Å². The van der Waals surface area contributed by atoms with Gasteiger partial charge in [0.25, 0.3) is 5.56 Å². The highest BCUT2D eigenvalue weighted by Gasteiger charge is 2.15. The normalized spacial score (nSPS) is 11.0. The summed E-state index contributed by atoms with van der Waals surface area (Å²) in [5.41, 5.74) is 1.19. The Morgan fingerprint density at radius 1 is 1.12 bits per heavy atom. The fraction of sp³-hybridized carbons (Fsp3) is 0.300. The minimum Gasteiger partial charge on any atom is -0.493 e. The topological polar surface area (TPSA) is 64.2 Å². The molecule has 0 aliphatic heterocycles. The molecule has 0 radical (unpaired) electrons. The van der Waals surface area contributed by atoms with Crippen LogP contribution in [0.25, 0.3) is 22.3 Å². The summed E-state index contributed by atoms with van der Waals surface area (Å²) < 4.78 is 11.4. The Morgan fingerprint density at radius 3 is 2.68 bits per heavy atom. The van der Waals surface area contributed by atoms with E-state index in [4.69, 9.17) is 9.47 Å². The number of nitrogens with one attached hydrogen (secondary N) is 1. The third-order valence-corrected chi connectivity index (χ3v) is 4.01. The number of aromatic amines is 1. The number of para-hydroxylation sites is 2. The molecule has 5 nitrogen and oxygen atoms in total. The zero-order chi connectivity index (χ0) is 17.8. The molecule has 0 spiro atoms. The van der Waals surface area contributed by atoms with Crippen LogP contribution in [0, 0.1) is 5.92 Å². The first-order chi connectivity index (χ1) is 12.1. The fourth-order valence-electron chi connectivity index (χ4n) is 2.62. The molecule has 3 aromatic rings. The van der Waals surface area contributed by atoms with Gasteiger partial charge < -0.3 is 14.5 Å². The van der Waals surface area contributed by atoms with Gasteiger partial charge >= 0.3 is 0 Å². The van der Waals surface area contributed by atoms with E-state index in [1.54, 1.807) is 13.2 Å². The number of rotatable bonds is 6. The molecule has 0 bridgehead atoms. The number of benzene rings is 2. The van der Waals surface area contributed by atoms with E-state index in [9.17, 15) is 4.79 Å². The quantitative estimate of drug-likeness (QED) is 0.737. The number of hydrogen-bond donors (Lipinski definition) is 1. The summed E-state index contributed by atoms with van der Waals surface area (Å²) in [6.07, 6.45) is 0.930. The Morgan fingerprint density at radius 2 is 1.92 bits per heavy atom. The van der Waals surface area contributed by atoms with Crippen LogP contribution >= 0.6 is 0 Å². The molecule has 5 heteroatoms. The number of aromatic nitrogens is 2. The minimum atomic E-state index is -0.170. The third kappa shape index (κ3) is 3.65. The van der Waals surface area contributed by atoms with Crippen LogP contribution in [0.1, 0.15) is 20.3 Å². The second-order valence-corrected chi connectivity index (χ2v) is 6.30.